The Morgan fingerprint density at radius 1 is 1.25 bits per heavy atom. The zero-order valence-corrected chi connectivity index (χ0v) is 14.7. The SMILES string of the molecule is O=C(NC[C@H](O)COCC1CC1)Nc1nnc(C2CCCCC2)s1. The van der Waals surface area contributed by atoms with Crippen molar-refractivity contribution in [2.24, 2.45) is 5.92 Å². The van der Waals surface area contributed by atoms with Gasteiger partial charge in [-0.3, -0.25) is 5.32 Å². The fourth-order valence-corrected chi connectivity index (χ4v) is 3.77. The molecule has 1 aromatic heterocycles. The summed E-state index contributed by atoms with van der Waals surface area (Å²) >= 11 is 1.44. The van der Waals surface area contributed by atoms with Crippen molar-refractivity contribution >= 4 is 22.5 Å². The highest BCUT2D eigenvalue weighted by Crippen LogP contribution is 2.35. The predicted molar refractivity (Wildman–Crippen MR) is 92.3 cm³/mol. The quantitative estimate of drug-likeness (QED) is 0.666. The van der Waals surface area contributed by atoms with Gasteiger partial charge in [-0.15, -0.1) is 10.2 Å². The number of anilines is 1. The number of urea groups is 1. The maximum absolute atomic E-state index is 11.9. The van der Waals surface area contributed by atoms with Crippen molar-refractivity contribution in [3.05, 3.63) is 5.01 Å². The van der Waals surface area contributed by atoms with Gasteiger partial charge in [-0.2, -0.15) is 0 Å². The summed E-state index contributed by atoms with van der Waals surface area (Å²) in [5.74, 6) is 1.16. The standard InChI is InChI=1S/C16H26N4O3S/c21-13(10-23-9-11-6-7-11)8-17-15(22)18-16-20-19-14(24-16)12-4-2-1-3-5-12/h11-13,21H,1-10H2,(H2,17,18,20,22)/t13-/m0/s1. The maximum atomic E-state index is 11.9. The van der Waals surface area contributed by atoms with Crippen molar-refractivity contribution in [2.45, 2.75) is 57.0 Å². The normalized spacial score (nSPS) is 19.9. The number of hydrogen-bond acceptors (Lipinski definition) is 6. The summed E-state index contributed by atoms with van der Waals surface area (Å²) in [7, 11) is 0. The predicted octanol–water partition coefficient (Wildman–Crippen LogP) is 2.49. The van der Waals surface area contributed by atoms with Crippen molar-refractivity contribution in [2.75, 3.05) is 25.1 Å². The molecule has 3 rings (SSSR count). The van der Waals surface area contributed by atoms with E-state index in [1.807, 2.05) is 0 Å². The van der Waals surface area contributed by atoms with Crippen molar-refractivity contribution in [3.63, 3.8) is 0 Å². The largest absolute Gasteiger partial charge is 0.389 e. The van der Waals surface area contributed by atoms with E-state index in [1.54, 1.807) is 0 Å². The molecule has 2 amide bonds. The Labute approximate surface area is 146 Å². The molecule has 134 valence electrons. The molecule has 0 unspecified atom stereocenters. The molecular weight excluding hydrogens is 328 g/mol. The molecule has 0 aliphatic heterocycles. The lowest BCUT2D eigenvalue weighted by Gasteiger charge is -2.18. The van der Waals surface area contributed by atoms with Gasteiger partial charge >= 0.3 is 6.03 Å². The lowest BCUT2D eigenvalue weighted by Crippen LogP contribution is -2.37. The molecule has 1 heterocycles. The molecule has 1 atom stereocenters. The maximum Gasteiger partial charge on any atom is 0.321 e. The number of nitrogens with zero attached hydrogens (tertiary/aromatic N) is 2. The summed E-state index contributed by atoms with van der Waals surface area (Å²) in [5.41, 5.74) is 0. The second-order valence-electron chi connectivity index (χ2n) is 6.75. The Bertz CT molecular complexity index is 529. The van der Waals surface area contributed by atoms with Crippen LogP contribution in [0.4, 0.5) is 9.93 Å². The minimum absolute atomic E-state index is 0.158. The summed E-state index contributed by atoms with van der Waals surface area (Å²) in [6, 6.07) is -0.373. The number of amides is 2. The lowest BCUT2D eigenvalue weighted by atomic mass is 9.90. The molecule has 1 aromatic rings. The van der Waals surface area contributed by atoms with Gasteiger partial charge in [0.25, 0.3) is 0 Å². The van der Waals surface area contributed by atoms with Gasteiger partial charge in [-0.1, -0.05) is 30.6 Å². The molecule has 0 spiro atoms. The van der Waals surface area contributed by atoms with E-state index in [-0.39, 0.29) is 19.2 Å². The third-order valence-corrected chi connectivity index (χ3v) is 5.48. The number of hydrogen-bond donors (Lipinski definition) is 3. The van der Waals surface area contributed by atoms with Gasteiger partial charge in [0.15, 0.2) is 0 Å². The topological polar surface area (TPSA) is 96.4 Å². The van der Waals surface area contributed by atoms with Gasteiger partial charge in [0.05, 0.1) is 12.7 Å². The van der Waals surface area contributed by atoms with Crippen molar-refractivity contribution in [3.8, 4) is 0 Å². The molecule has 0 aromatic carbocycles. The molecule has 3 N–H and O–H groups in total. The highest BCUT2D eigenvalue weighted by atomic mass is 32.1. The number of rotatable bonds is 8. The second-order valence-corrected chi connectivity index (χ2v) is 7.76. The van der Waals surface area contributed by atoms with Crippen LogP contribution in [0, 0.1) is 5.92 Å². The first-order valence-corrected chi connectivity index (χ1v) is 9.66. The van der Waals surface area contributed by atoms with Gasteiger partial charge in [0.2, 0.25) is 5.13 Å². The first-order chi connectivity index (χ1) is 11.7. The second kappa shape index (κ2) is 8.73. The molecule has 8 heteroatoms. The van der Waals surface area contributed by atoms with E-state index in [4.69, 9.17) is 4.74 Å². The zero-order valence-electron chi connectivity index (χ0n) is 13.9. The fraction of sp³-hybridized carbons (Fsp3) is 0.812. The van der Waals surface area contributed by atoms with E-state index in [0.717, 1.165) is 17.8 Å². The van der Waals surface area contributed by atoms with Crippen LogP contribution < -0.4 is 10.6 Å². The average molecular weight is 354 g/mol. The molecule has 2 saturated carbocycles. The first kappa shape index (κ1) is 17.6. The summed E-state index contributed by atoms with van der Waals surface area (Å²) in [4.78, 5) is 11.9. The van der Waals surface area contributed by atoms with Crippen LogP contribution in [0.5, 0.6) is 0 Å². The van der Waals surface area contributed by atoms with Crippen molar-refractivity contribution < 1.29 is 14.6 Å². The summed E-state index contributed by atoms with van der Waals surface area (Å²) in [6.07, 6.45) is 7.87. The Hall–Kier alpha value is -1.25. The third kappa shape index (κ3) is 5.68. The molecule has 0 saturated heterocycles. The van der Waals surface area contributed by atoms with Crippen LogP contribution in [0.3, 0.4) is 0 Å². The molecule has 2 aliphatic rings. The minimum atomic E-state index is -0.693. The van der Waals surface area contributed by atoms with Gasteiger partial charge < -0.3 is 15.2 Å². The van der Waals surface area contributed by atoms with Crippen LogP contribution in [0.25, 0.3) is 0 Å². The van der Waals surface area contributed by atoms with Crippen LogP contribution in [-0.2, 0) is 4.74 Å². The zero-order chi connectivity index (χ0) is 16.8. The van der Waals surface area contributed by atoms with Gasteiger partial charge in [-0.25, -0.2) is 4.79 Å². The minimum Gasteiger partial charge on any atom is -0.389 e. The van der Waals surface area contributed by atoms with Crippen molar-refractivity contribution in [1.82, 2.24) is 15.5 Å². The van der Waals surface area contributed by atoms with Crippen LogP contribution in [0.1, 0.15) is 55.9 Å². The number of ether oxygens (including phenoxy) is 1. The van der Waals surface area contributed by atoms with Crippen LogP contribution in [0.2, 0.25) is 0 Å². The number of aliphatic hydroxyl groups is 1. The molecule has 7 nitrogen and oxygen atoms in total. The monoisotopic (exact) mass is 354 g/mol. The van der Waals surface area contributed by atoms with E-state index in [1.165, 1.54) is 43.4 Å². The Morgan fingerprint density at radius 3 is 2.79 bits per heavy atom. The Morgan fingerprint density at radius 2 is 2.04 bits per heavy atom. The van der Waals surface area contributed by atoms with Gasteiger partial charge in [-0.05, 0) is 31.6 Å². The van der Waals surface area contributed by atoms with E-state index in [2.05, 4.69) is 20.8 Å². The van der Waals surface area contributed by atoms with E-state index in [9.17, 15) is 9.90 Å². The molecule has 0 radical (unpaired) electrons. The van der Waals surface area contributed by atoms with Crippen molar-refractivity contribution in [1.29, 1.82) is 0 Å². The van der Waals surface area contributed by atoms with Crippen LogP contribution >= 0.6 is 11.3 Å². The van der Waals surface area contributed by atoms with Gasteiger partial charge in [0, 0.05) is 19.1 Å². The molecular formula is C16H26N4O3S. The van der Waals surface area contributed by atoms with E-state index >= 15 is 0 Å². The Balaban J connectivity index is 1.34. The average Bonchev–Trinajstić information content (AvgIpc) is 3.30. The van der Waals surface area contributed by atoms with Crippen LogP contribution in [0.15, 0.2) is 0 Å². The summed E-state index contributed by atoms with van der Waals surface area (Å²) < 4.78 is 5.40. The number of nitrogens with one attached hydrogen (secondary N) is 2. The van der Waals surface area contributed by atoms with Crippen LogP contribution in [-0.4, -0.2) is 47.2 Å². The molecule has 2 aliphatic carbocycles. The summed E-state index contributed by atoms with van der Waals surface area (Å²) in [6.45, 7) is 1.12. The first-order valence-electron chi connectivity index (χ1n) is 8.85. The lowest BCUT2D eigenvalue weighted by molar-refractivity contribution is 0.0339. The fourth-order valence-electron chi connectivity index (χ4n) is 2.87. The van der Waals surface area contributed by atoms with Gasteiger partial charge in [0.1, 0.15) is 5.01 Å². The molecule has 0 bridgehead atoms. The number of aromatic nitrogens is 2. The number of carbonyl (C=O) groups excluding carboxylic acids is 1. The summed E-state index contributed by atoms with van der Waals surface area (Å²) in [5, 5.41) is 24.9. The highest BCUT2D eigenvalue weighted by molar-refractivity contribution is 7.15. The highest BCUT2D eigenvalue weighted by Gasteiger charge is 2.22. The van der Waals surface area contributed by atoms with E-state index in [0.29, 0.717) is 23.6 Å². The Kier molecular flexibility index (Phi) is 6.39. The molecule has 24 heavy (non-hydrogen) atoms. The van der Waals surface area contributed by atoms with E-state index < -0.39 is 6.10 Å². The number of aliphatic hydroxyl groups excluding tert-OH is 1. The number of carbonyl (C=O) groups is 1. The molecule has 2 fully saturated rings. The third-order valence-electron chi connectivity index (χ3n) is 4.47. The smallest absolute Gasteiger partial charge is 0.321 e.